The number of amides is 2. The molecule has 23 heavy (non-hydrogen) atoms. The fourth-order valence-electron chi connectivity index (χ4n) is 2.43. The lowest BCUT2D eigenvalue weighted by atomic mass is 10.0. The number of nitrogens with one attached hydrogen (secondary N) is 2. The van der Waals surface area contributed by atoms with Crippen LogP contribution in [-0.2, 0) is 16.1 Å². The van der Waals surface area contributed by atoms with Crippen molar-refractivity contribution in [3.63, 3.8) is 0 Å². The maximum absolute atomic E-state index is 11.9. The van der Waals surface area contributed by atoms with Crippen LogP contribution in [0.3, 0.4) is 0 Å². The highest BCUT2D eigenvalue weighted by atomic mass is 16.5. The molecule has 0 aliphatic heterocycles. The third-order valence-corrected chi connectivity index (χ3v) is 3.72. The van der Waals surface area contributed by atoms with Gasteiger partial charge in [0.05, 0.1) is 6.04 Å². The fourth-order valence-corrected chi connectivity index (χ4v) is 2.43. The van der Waals surface area contributed by atoms with Crippen molar-refractivity contribution in [3.8, 4) is 0 Å². The van der Waals surface area contributed by atoms with E-state index in [9.17, 15) is 9.59 Å². The molecule has 2 aromatic carbocycles. The van der Waals surface area contributed by atoms with Gasteiger partial charge in [-0.15, -0.1) is 0 Å². The molecule has 0 unspecified atom stereocenters. The SMILES string of the molecule is N[C@@H](CCCC(=O)NCc1cccc2ccccc12)C(=O)NO. The summed E-state index contributed by atoms with van der Waals surface area (Å²) >= 11 is 0. The lowest BCUT2D eigenvalue weighted by Gasteiger charge is -2.10. The Hall–Kier alpha value is -2.44. The Balaban J connectivity index is 1.81. The Bertz CT molecular complexity index is 682. The third-order valence-electron chi connectivity index (χ3n) is 3.72. The van der Waals surface area contributed by atoms with E-state index >= 15 is 0 Å². The van der Waals surface area contributed by atoms with Crippen molar-refractivity contribution in [1.29, 1.82) is 0 Å². The molecule has 0 bridgehead atoms. The van der Waals surface area contributed by atoms with Crippen LogP contribution < -0.4 is 16.5 Å². The number of hydrogen-bond acceptors (Lipinski definition) is 4. The van der Waals surface area contributed by atoms with E-state index in [4.69, 9.17) is 10.9 Å². The Morgan fingerprint density at radius 2 is 1.87 bits per heavy atom. The summed E-state index contributed by atoms with van der Waals surface area (Å²) in [6, 6.07) is 13.2. The van der Waals surface area contributed by atoms with Crippen molar-refractivity contribution in [2.45, 2.75) is 31.8 Å². The van der Waals surface area contributed by atoms with Gasteiger partial charge < -0.3 is 11.1 Å². The van der Waals surface area contributed by atoms with E-state index < -0.39 is 11.9 Å². The van der Waals surface area contributed by atoms with Gasteiger partial charge in [0.15, 0.2) is 0 Å². The lowest BCUT2D eigenvalue weighted by molar-refractivity contribution is -0.131. The highest BCUT2D eigenvalue weighted by Gasteiger charge is 2.12. The molecular formula is C17H21N3O3. The number of fused-ring (bicyclic) bond motifs is 1. The van der Waals surface area contributed by atoms with Crippen LogP contribution in [0.1, 0.15) is 24.8 Å². The number of hydrogen-bond donors (Lipinski definition) is 4. The molecule has 2 rings (SSSR count). The zero-order valence-corrected chi connectivity index (χ0v) is 12.8. The quantitative estimate of drug-likeness (QED) is 0.458. The Labute approximate surface area is 134 Å². The van der Waals surface area contributed by atoms with Crippen molar-refractivity contribution in [2.75, 3.05) is 0 Å². The molecule has 1 atom stereocenters. The average Bonchev–Trinajstić information content (AvgIpc) is 2.59. The standard InChI is InChI=1S/C17H21N3O3/c18-15(17(22)20-23)9-4-10-16(21)19-11-13-7-3-6-12-5-1-2-8-14(12)13/h1-3,5-8,15,23H,4,9-11,18H2,(H,19,21)(H,20,22)/t15-/m0/s1. The first-order valence-corrected chi connectivity index (χ1v) is 7.54. The maximum Gasteiger partial charge on any atom is 0.260 e. The van der Waals surface area contributed by atoms with Crippen LogP contribution in [0.2, 0.25) is 0 Å². The summed E-state index contributed by atoms with van der Waals surface area (Å²) < 4.78 is 0. The van der Waals surface area contributed by atoms with Crippen molar-refractivity contribution < 1.29 is 14.8 Å². The number of hydroxylamine groups is 1. The van der Waals surface area contributed by atoms with Crippen LogP contribution in [-0.4, -0.2) is 23.1 Å². The molecule has 2 amide bonds. The summed E-state index contributed by atoms with van der Waals surface area (Å²) in [5.74, 6) is -0.726. The summed E-state index contributed by atoms with van der Waals surface area (Å²) in [5, 5.41) is 13.6. The van der Waals surface area contributed by atoms with Crippen molar-refractivity contribution in [3.05, 3.63) is 48.0 Å². The first kappa shape index (κ1) is 16.9. The van der Waals surface area contributed by atoms with Gasteiger partial charge in [0.25, 0.3) is 5.91 Å². The van der Waals surface area contributed by atoms with E-state index in [-0.39, 0.29) is 12.3 Å². The summed E-state index contributed by atoms with van der Waals surface area (Å²) in [7, 11) is 0. The maximum atomic E-state index is 11.9. The molecule has 0 saturated carbocycles. The van der Waals surface area contributed by atoms with Gasteiger partial charge in [0.1, 0.15) is 0 Å². The predicted molar refractivity (Wildman–Crippen MR) is 87.6 cm³/mol. The van der Waals surface area contributed by atoms with Gasteiger partial charge in [-0.1, -0.05) is 42.5 Å². The second-order valence-corrected chi connectivity index (χ2v) is 5.39. The third kappa shape index (κ3) is 4.77. The van der Waals surface area contributed by atoms with Gasteiger partial charge in [-0.3, -0.25) is 14.8 Å². The number of carbonyl (C=O) groups excluding carboxylic acids is 2. The number of nitrogens with two attached hydrogens (primary N) is 1. The molecule has 0 heterocycles. The van der Waals surface area contributed by atoms with Gasteiger partial charge in [0, 0.05) is 13.0 Å². The molecule has 0 saturated heterocycles. The van der Waals surface area contributed by atoms with Gasteiger partial charge >= 0.3 is 0 Å². The summed E-state index contributed by atoms with van der Waals surface area (Å²) in [6.45, 7) is 0.462. The second kappa shape index (κ2) is 8.26. The highest BCUT2D eigenvalue weighted by molar-refractivity contribution is 5.86. The Kier molecular flexibility index (Phi) is 6.08. The van der Waals surface area contributed by atoms with E-state index in [0.717, 1.165) is 16.3 Å². The van der Waals surface area contributed by atoms with E-state index in [1.54, 1.807) is 0 Å². The Morgan fingerprint density at radius 1 is 1.13 bits per heavy atom. The smallest absolute Gasteiger partial charge is 0.260 e. The van der Waals surface area contributed by atoms with Crippen LogP contribution in [0.4, 0.5) is 0 Å². The largest absolute Gasteiger partial charge is 0.352 e. The van der Waals surface area contributed by atoms with Crippen molar-refractivity contribution in [2.24, 2.45) is 5.73 Å². The van der Waals surface area contributed by atoms with Crippen LogP contribution in [0.15, 0.2) is 42.5 Å². The number of rotatable bonds is 7. The fraction of sp³-hybridized carbons (Fsp3) is 0.294. The summed E-state index contributed by atoms with van der Waals surface area (Å²) in [6.07, 6.45) is 1.11. The minimum atomic E-state index is -0.800. The van der Waals surface area contributed by atoms with Crippen molar-refractivity contribution in [1.82, 2.24) is 10.8 Å². The van der Waals surface area contributed by atoms with Gasteiger partial charge in [-0.05, 0) is 29.2 Å². The van der Waals surface area contributed by atoms with Gasteiger partial charge in [-0.2, -0.15) is 0 Å². The molecule has 0 spiro atoms. The molecule has 0 aliphatic rings. The monoisotopic (exact) mass is 315 g/mol. The number of benzene rings is 2. The molecule has 6 heteroatoms. The topological polar surface area (TPSA) is 104 Å². The predicted octanol–water partition coefficient (Wildman–Crippen LogP) is 1.46. The molecule has 0 aromatic heterocycles. The minimum Gasteiger partial charge on any atom is -0.352 e. The summed E-state index contributed by atoms with van der Waals surface area (Å²) in [4.78, 5) is 22.9. The van der Waals surface area contributed by atoms with E-state index in [1.165, 1.54) is 5.48 Å². The normalized spacial score (nSPS) is 11.9. The summed E-state index contributed by atoms with van der Waals surface area (Å²) in [5.41, 5.74) is 8.10. The zero-order chi connectivity index (χ0) is 16.7. The zero-order valence-electron chi connectivity index (χ0n) is 12.8. The minimum absolute atomic E-state index is 0.0884. The molecule has 5 N–H and O–H groups in total. The van der Waals surface area contributed by atoms with Crippen LogP contribution in [0.25, 0.3) is 10.8 Å². The molecule has 0 radical (unpaired) electrons. The molecule has 122 valence electrons. The molecular weight excluding hydrogens is 294 g/mol. The van der Waals surface area contributed by atoms with Crippen molar-refractivity contribution >= 4 is 22.6 Å². The van der Waals surface area contributed by atoms with Gasteiger partial charge in [-0.25, -0.2) is 5.48 Å². The van der Waals surface area contributed by atoms with E-state index in [2.05, 4.69) is 5.32 Å². The van der Waals surface area contributed by atoms with E-state index in [1.807, 2.05) is 42.5 Å². The average molecular weight is 315 g/mol. The van der Waals surface area contributed by atoms with Crippen LogP contribution in [0.5, 0.6) is 0 Å². The molecule has 6 nitrogen and oxygen atoms in total. The number of carbonyl (C=O) groups is 2. The Morgan fingerprint density at radius 3 is 2.65 bits per heavy atom. The molecule has 0 fully saturated rings. The van der Waals surface area contributed by atoms with E-state index in [0.29, 0.717) is 19.4 Å². The highest BCUT2D eigenvalue weighted by Crippen LogP contribution is 2.18. The van der Waals surface area contributed by atoms with Gasteiger partial charge in [0.2, 0.25) is 5.91 Å². The molecule has 0 aliphatic carbocycles. The first-order chi connectivity index (χ1) is 11.1. The second-order valence-electron chi connectivity index (χ2n) is 5.39. The lowest BCUT2D eigenvalue weighted by Crippen LogP contribution is -2.39. The van der Waals surface area contributed by atoms with Crippen LogP contribution in [0, 0.1) is 0 Å². The first-order valence-electron chi connectivity index (χ1n) is 7.54. The van der Waals surface area contributed by atoms with Crippen LogP contribution >= 0.6 is 0 Å². The molecule has 2 aromatic rings.